The lowest BCUT2D eigenvalue weighted by molar-refractivity contribution is -0.113. The highest BCUT2D eigenvalue weighted by molar-refractivity contribution is 7.99. The second-order valence-electron chi connectivity index (χ2n) is 6.79. The maximum atomic E-state index is 12.3. The highest BCUT2D eigenvalue weighted by atomic mass is 32.2. The summed E-state index contributed by atoms with van der Waals surface area (Å²) in [5, 5.41) is 15.3. The van der Waals surface area contributed by atoms with Crippen LogP contribution in [0.2, 0.25) is 0 Å². The van der Waals surface area contributed by atoms with Crippen LogP contribution >= 0.6 is 11.8 Å². The lowest BCUT2D eigenvalue weighted by atomic mass is 10.2. The molecule has 3 aromatic rings. The molecule has 7 nitrogen and oxygen atoms in total. The first kappa shape index (κ1) is 18.5. The summed E-state index contributed by atoms with van der Waals surface area (Å²) in [6.45, 7) is 4.25. The van der Waals surface area contributed by atoms with Gasteiger partial charge in [-0.3, -0.25) is 4.79 Å². The number of nitrogens with zero attached hydrogens (tertiary/aromatic N) is 5. The van der Waals surface area contributed by atoms with Crippen molar-refractivity contribution in [2.24, 2.45) is 0 Å². The molecule has 1 saturated heterocycles. The summed E-state index contributed by atoms with van der Waals surface area (Å²) < 4.78 is 1.64. The summed E-state index contributed by atoms with van der Waals surface area (Å²) in [6, 6.07) is 15.9. The zero-order valence-electron chi connectivity index (χ0n) is 15.7. The molecule has 1 aliphatic heterocycles. The van der Waals surface area contributed by atoms with Gasteiger partial charge in [-0.1, -0.05) is 29.5 Å². The topological polar surface area (TPSA) is 75.9 Å². The van der Waals surface area contributed by atoms with Gasteiger partial charge in [0.05, 0.1) is 11.4 Å². The highest BCUT2D eigenvalue weighted by Crippen LogP contribution is 2.23. The van der Waals surface area contributed by atoms with Crippen LogP contribution in [0.25, 0.3) is 5.69 Å². The van der Waals surface area contributed by atoms with Crippen molar-refractivity contribution < 1.29 is 4.79 Å². The van der Waals surface area contributed by atoms with Gasteiger partial charge in [-0.05, 0) is 66.6 Å². The van der Waals surface area contributed by atoms with Crippen molar-refractivity contribution in [2.75, 3.05) is 29.1 Å². The van der Waals surface area contributed by atoms with Crippen molar-refractivity contribution in [2.45, 2.75) is 24.9 Å². The third-order valence-electron chi connectivity index (χ3n) is 4.67. The summed E-state index contributed by atoms with van der Waals surface area (Å²) in [6.07, 6.45) is 2.50. The van der Waals surface area contributed by atoms with Gasteiger partial charge < -0.3 is 10.2 Å². The Kier molecular flexibility index (Phi) is 5.57. The van der Waals surface area contributed by atoms with Crippen molar-refractivity contribution in [3.63, 3.8) is 0 Å². The highest BCUT2D eigenvalue weighted by Gasteiger charge is 2.13. The molecule has 0 aliphatic carbocycles. The van der Waals surface area contributed by atoms with Crippen LogP contribution in [0.15, 0.2) is 53.7 Å². The van der Waals surface area contributed by atoms with E-state index in [1.54, 1.807) is 4.68 Å². The van der Waals surface area contributed by atoms with E-state index in [-0.39, 0.29) is 11.7 Å². The van der Waals surface area contributed by atoms with Gasteiger partial charge >= 0.3 is 0 Å². The lowest BCUT2D eigenvalue weighted by Crippen LogP contribution is -2.18. The van der Waals surface area contributed by atoms with Crippen LogP contribution < -0.4 is 10.2 Å². The molecular weight excluding hydrogens is 372 g/mol. The Morgan fingerprint density at radius 2 is 1.71 bits per heavy atom. The van der Waals surface area contributed by atoms with Gasteiger partial charge in [0.15, 0.2) is 0 Å². The minimum atomic E-state index is -0.0858. The molecular formula is C20H22N6OS. The second-order valence-corrected chi connectivity index (χ2v) is 7.73. The Labute approximate surface area is 168 Å². The standard InChI is InChI=1S/C20H22N6OS/c1-15-4-8-18(9-5-15)26-20(22-23-24-26)28-14-19(27)21-16-6-10-17(11-7-16)25-12-2-3-13-25/h4-11H,2-3,12-14H2,1H3,(H,21,27). The predicted octanol–water partition coefficient (Wildman–Crippen LogP) is 3.30. The molecule has 2 heterocycles. The summed E-state index contributed by atoms with van der Waals surface area (Å²) in [4.78, 5) is 14.7. The van der Waals surface area contributed by atoms with Gasteiger partial charge in [0, 0.05) is 24.5 Å². The molecule has 1 N–H and O–H groups in total. The number of carbonyl (C=O) groups is 1. The summed E-state index contributed by atoms with van der Waals surface area (Å²) in [7, 11) is 0. The molecule has 1 aromatic heterocycles. The molecule has 8 heteroatoms. The largest absolute Gasteiger partial charge is 0.372 e. The Morgan fingerprint density at radius 1 is 1.04 bits per heavy atom. The van der Waals surface area contributed by atoms with Crippen LogP contribution in [0.1, 0.15) is 18.4 Å². The molecule has 1 fully saturated rings. The Hall–Kier alpha value is -2.87. The van der Waals surface area contributed by atoms with E-state index < -0.39 is 0 Å². The fourth-order valence-electron chi connectivity index (χ4n) is 3.18. The number of aromatic nitrogens is 4. The monoisotopic (exact) mass is 394 g/mol. The van der Waals surface area contributed by atoms with E-state index in [1.807, 2.05) is 43.3 Å². The normalized spacial score (nSPS) is 13.7. The van der Waals surface area contributed by atoms with Crippen LogP contribution in [0.5, 0.6) is 0 Å². The predicted molar refractivity (Wildman–Crippen MR) is 111 cm³/mol. The number of benzene rings is 2. The van der Waals surface area contributed by atoms with Crippen LogP contribution in [0, 0.1) is 6.92 Å². The van der Waals surface area contributed by atoms with E-state index in [2.05, 4.69) is 37.9 Å². The molecule has 144 valence electrons. The number of aryl methyl sites for hydroxylation is 1. The number of tetrazole rings is 1. The molecule has 2 aromatic carbocycles. The number of rotatable bonds is 6. The number of hydrogen-bond donors (Lipinski definition) is 1. The maximum absolute atomic E-state index is 12.3. The number of thioether (sulfide) groups is 1. The molecule has 1 amide bonds. The minimum absolute atomic E-state index is 0.0858. The van der Waals surface area contributed by atoms with E-state index in [1.165, 1.54) is 35.9 Å². The second kappa shape index (κ2) is 8.43. The molecule has 0 spiro atoms. The smallest absolute Gasteiger partial charge is 0.234 e. The van der Waals surface area contributed by atoms with Gasteiger partial charge in [0.2, 0.25) is 11.1 Å². The van der Waals surface area contributed by atoms with Crippen molar-refractivity contribution in [3.05, 3.63) is 54.1 Å². The fraction of sp³-hybridized carbons (Fsp3) is 0.300. The average molecular weight is 395 g/mol. The zero-order valence-corrected chi connectivity index (χ0v) is 16.5. The molecule has 28 heavy (non-hydrogen) atoms. The zero-order chi connectivity index (χ0) is 19.3. The molecule has 1 aliphatic rings. The molecule has 0 bridgehead atoms. The summed E-state index contributed by atoms with van der Waals surface area (Å²) in [5.74, 6) is 0.150. The van der Waals surface area contributed by atoms with Gasteiger partial charge in [-0.15, -0.1) is 5.10 Å². The van der Waals surface area contributed by atoms with Gasteiger partial charge in [-0.2, -0.15) is 4.68 Å². The summed E-state index contributed by atoms with van der Waals surface area (Å²) in [5.41, 5.74) is 4.05. The van der Waals surface area contributed by atoms with Crippen LogP contribution in [-0.2, 0) is 4.79 Å². The Morgan fingerprint density at radius 3 is 2.43 bits per heavy atom. The van der Waals surface area contributed by atoms with Gasteiger partial charge in [0.1, 0.15) is 0 Å². The SMILES string of the molecule is Cc1ccc(-n2nnnc2SCC(=O)Nc2ccc(N3CCCC3)cc2)cc1. The number of nitrogens with one attached hydrogen (secondary N) is 1. The molecule has 0 saturated carbocycles. The number of carbonyl (C=O) groups excluding carboxylic acids is 1. The number of anilines is 2. The lowest BCUT2D eigenvalue weighted by Gasteiger charge is -2.17. The summed E-state index contributed by atoms with van der Waals surface area (Å²) >= 11 is 1.31. The minimum Gasteiger partial charge on any atom is -0.372 e. The quantitative estimate of drug-likeness (QED) is 0.647. The number of hydrogen-bond acceptors (Lipinski definition) is 6. The van der Waals surface area contributed by atoms with Crippen molar-refractivity contribution in [1.82, 2.24) is 20.2 Å². The molecule has 0 unspecified atom stereocenters. The van der Waals surface area contributed by atoms with E-state index in [9.17, 15) is 4.79 Å². The maximum Gasteiger partial charge on any atom is 0.234 e. The van der Waals surface area contributed by atoms with Crippen LogP contribution in [-0.4, -0.2) is 45.0 Å². The Balaban J connectivity index is 1.34. The van der Waals surface area contributed by atoms with Crippen molar-refractivity contribution >= 4 is 29.0 Å². The van der Waals surface area contributed by atoms with E-state index in [4.69, 9.17) is 0 Å². The van der Waals surface area contributed by atoms with Crippen molar-refractivity contribution in [3.8, 4) is 5.69 Å². The van der Waals surface area contributed by atoms with E-state index >= 15 is 0 Å². The first-order chi connectivity index (χ1) is 13.7. The molecule has 0 radical (unpaired) electrons. The Bertz CT molecular complexity index is 932. The average Bonchev–Trinajstić information content (AvgIpc) is 3.40. The van der Waals surface area contributed by atoms with E-state index in [0.29, 0.717) is 5.16 Å². The number of amides is 1. The van der Waals surface area contributed by atoms with Crippen LogP contribution in [0.3, 0.4) is 0 Å². The first-order valence-corrected chi connectivity index (χ1v) is 10.3. The van der Waals surface area contributed by atoms with E-state index in [0.717, 1.165) is 24.5 Å². The van der Waals surface area contributed by atoms with Gasteiger partial charge in [-0.25, -0.2) is 0 Å². The molecule has 0 atom stereocenters. The first-order valence-electron chi connectivity index (χ1n) is 9.32. The third-order valence-corrected chi connectivity index (χ3v) is 5.59. The van der Waals surface area contributed by atoms with Gasteiger partial charge in [0.25, 0.3) is 0 Å². The molecule has 4 rings (SSSR count). The third kappa shape index (κ3) is 4.33. The van der Waals surface area contributed by atoms with Crippen LogP contribution in [0.4, 0.5) is 11.4 Å². The fourth-order valence-corrected chi connectivity index (χ4v) is 3.87. The van der Waals surface area contributed by atoms with Crippen molar-refractivity contribution in [1.29, 1.82) is 0 Å².